The molecule has 0 fully saturated rings. The Morgan fingerprint density at radius 1 is 1.55 bits per heavy atom. The van der Waals surface area contributed by atoms with Crippen LogP contribution in [0.5, 0.6) is 0 Å². The van der Waals surface area contributed by atoms with Crippen LogP contribution in [0, 0.1) is 0 Å². The minimum Gasteiger partial charge on any atom is -0.287 e. The van der Waals surface area contributed by atoms with E-state index in [4.69, 9.17) is 0 Å². The van der Waals surface area contributed by atoms with Crippen LogP contribution >= 0.6 is 12.4 Å². The van der Waals surface area contributed by atoms with Gasteiger partial charge in [-0.15, -0.1) is 12.4 Å². The van der Waals surface area contributed by atoms with Crippen LogP contribution in [0.15, 0.2) is 18.7 Å². The smallest absolute Gasteiger partial charge is 0.287 e. The van der Waals surface area contributed by atoms with Crippen molar-refractivity contribution in [2.75, 3.05) is 6.26 Å². The topological polar surface area (TPSA) is 61.2 Å². The number of hydrogen-bond acceptors (Lipinski definition) is 4. The SMILES string of the molecule is CS(=O)(=O)On1ccnc1.Cl. The third kappa shape index (κ3) is 3.84. The van der Waals surface area contributed by atoms with Crippen molar-refractivity contribution in [1.29, 1.82) is 0 Å². The number of aromatic nitrogens is 2. The second-order valence-corrected chi connectivity index (χ2v) is 3.26. The van der Waals surface area contributed by atoms with E-state index >= 15 is 0 Å². The fourth-order valence-electron chi connectivity index (χ4n) is 0.447. The predicted octanol–water partition coefficient (Wildman–Crippen LogP) is -0.307. The van der Waals surface area contributed by atoms with Crippen molar-refractivity contribution in [1.82, 2.24) is 9.71 Å². The summed E-state index contributed by atoms with van der Waals surface area (Å²) in [7, 11) is -3.42. The predicted molar refractivity (Wildman–Crippen MR) is 40.9 cm³/mol. The summed E-state index contributed by atoms with van der Waals surface area (Å²) in [4.78, 5) is 3.58. The third-order valence-corrected chi connectivity index (χ3v) is 1.14. The Morgan fingerprint density at radius 2 is 2.18 bits per heavy atom. The van der Waals surface area contributed by atoms with Crippen molar-refractivity contribution in [2.24, 2.45) is 0 Å². The van der Waals surface area contributed by atoms with Crippen LogP contribution < -0.4 is 4.28 Å². The first-order chi connectivity index (χ1) is 4.58. The highest BCUT2D eigenvalue weighted by Gasteiger charge is 2.00. The monoisotopic (exact) mass is 198 g/mol. The summed E-state index contributed by atoms with van der Waals surface area (Å²) >= 11 is 0. The lowest BCUT2D eigenvalue weighted by Crippen LogP contribution is -2.16. The Kier molecular flexibility index (Phi) is 3.34. The highest BCUT2D eigenvalue weighted by atomic mass is 35.5. The minimum atomic E-state index is -3.42. The van der Waals surface area contributed by atoms with E-state index in [9.17, 15) is 8.42 Å². The van der Waals surface area contributed by atoms with Gasteiger partial charge in [0.2, 0.25) is 0 Å². The Bertz CT molecular complexity index is 293. The van der Waals surface area contributed by atoms with E-state index in [1.165, 1.54) is 18.7 Å². The molecule has 1 aromatic rings. The van der Waals surface area contributed by atoms with Crippen molar-refractivity contribution >= 4 is 22.5 Å². The van der Waals surface area contributed by atoms with Crippen molar-refractivity contribution in [2.45, 2.75) is 0 Å². The van der Waals surface area contributed by atoms with Crippen LogP contribution in [0.4, 0.5) is 0 Å². The molecule has 11 heavy (non-hydrogen) atoms. The molecule has 0 aliphatic carbocycles. The fourth-order valence-corrected chi connectivity index (χ4v) is 0.848. The van der Waals surface area contributed by atoms with E-state index in [1.54, 1.807) is 0 Å². The van der Waals surface area contributed by atoms with Gasteiger partial charge in [0.25, 0.3) is 0 Å². The van der Waals surface area contributed by atoms with E-state index < -0.39 is 10.1 Å². The molecule has 1 rings (SSSR count). The quantitative estimate of drug-likeness (QED) is 0.654. The lowest BCUT2D eigenvalue weighted by molar-refractivity contribution is 0.281. The van der Waals surface area contributed by atoms with Crippen molar-refractivity contribution < 1.29 is 12.7 Å². The zero-order valence-electron chi connectivity index (χ0n) is 5.67. The first-order valence-corrected chi connectivity index (χ1v) is 4.27. The fraction of sp³-hybridized carbons (Fsp3) is 0.250. The van der Waals surface area contributed by atoms with Crippen molar-refractivity contribution in [3.8, 4) is 0 Å². The molecule has 0 bridgehead atoms. The first kappa shape index (κ1) is 10.2. The van der Waals surface area contributed by atoms with Gasteiger partial charge in [0.05, 0.1) is 12.5 Å². The van der Waals surface area contributed by atoms with E-state index in [1.807, 2.05) is 0 Å². The van der Waals surface area contributed by atoms with Gasteiger partial charge < -0.3 is 0 Å². The highest BCUT2D eigenvalue weighted by molar-refractivity contribution is 7.86. The summed E-state index contributed by atoms with van der Waals surface area (Å²) in [6.07, 6.45) is 5.03. The number of imidazole rings is 1. The van der Waals surface area contributed by atoms with Gasteiger partial charge in [-0.1, -0.05) is 0 Å². The zero-order valence-corrected chi connectivity index (χ0v) is 7.30. The summed E-state index contributed by atoms with van der Waals surface area (Å²) in [5, 5.41) is 0. The Hall–Kier alpha value is -0.750. The molecule has 64 valence electrons. The lowest BCUT2D eigenvalue weighted by atomic mass is 11.0. The summed E-state index contributed by atoms with van der Waals surface area (Å²) in [5.74, 6) is 0. The molecule has 0 atom stereocenters. The van der Waals surface area contributed by atoms with E-state index in [0.29, 0.717) is 0 Å². The third-order valence-electron chi connectivity index (χ3n) is 0.702. The Morgan fingerprint density at radius 3 is 2.55 bits per heavy atom. The molecule has 0 aliphatic rings. The maximum Gasteiger partial charge on any atom is 0.324 e. The summed E-state index contributed by atoms with van der Waals surface area (Å²) in [5.41, 5.74) is 0. The average molecular weight is 199 g/mol. The van der Waals surface area contributed by atoms with E-state index in [2.05, 4.69) is 9.27 Å². The van der Waals surface area contributed by atoms with Gasteiger partial charge in [0.15, 0.2) is 0 Å². The van der Waals surface area contributed by atoms with E-state index in [-0.39, 0.29) is 12.4 Å². The standard InChI is InChI=1S/C4H6N2O3S.ClH/c1-10(7,8)9-6-3-2-5-4-6;/h2-4H,1H3;1H. The number of hydrogen-bond donors (Lipinski definition) is 0. The van der Waals surface area contributed by atoms with Crippen molar-refractivity contribution in [3.63, 3.8) is 0 Å². The summed E-state index contributed by atoms with van der Waals surface area (Å²) in [6, 6.07) is 0. The molecule has 0 amide bonds. The molecule has 1 heterocycles. The molecule has 0 saturated heterocycles. The molecule has 7 heteroatoms. The minimum absolute atomic E-state index is 0. The number of halogens is 1. The van der Waals surface area contributed by atoms with Gasteiger partial charge in [0, 0.05) is 6.20 Å². The molecule has 0 aromatic carbocycles. The lowest BCUT2D eigenvalue weighted by Gasteiger charge is -1.98. The summed E-state index contributed by atoms with van der Waals surface area (Å²) in [6.45, 7) is 0. The van der Waals surface area contributed by atoms with Crippen LogP contribution in [-0.2, 0) is 10.1 Å². The molecular formula is C4H7ClN2O3S. The van der Waals surface area contributed by atoms with Gasteiger partial charge in [-0.2, -0.15) is 13.1 Å². The first-order valence-electron chi connectivity index (χ1n) is 2.46. The molecule has 0 saturated carbocycles. The molecule has 0 unspecified atom stereocenters. The molecule has 0 radical (unpaired) electrons. The zero-order chi connectivity index (χ0) is 7.61. The van der Waals surface area contributed by atoms with Crippen LogP contribution in [0.1, 0.15) is 0 Å². The van der Waals surface area contributed by atoms with Crippen LogP contribution in [0.2, 0.25) is 0 Å². The highest BCUT2D eigenvalue weighted by Crippen LogP contribution is 1.84. The second-order valence-electron chi connectivity index (χ2n) is 1.70. The number of nitrogens with zero attached hydrogens (tertiary/aromatic N) is 2. The van der Waals surface area contributed by atoms with Crippen LogP contribution in [0.3, 0.4) is 0 Å². The maximum atomic E-state index is 10.4. The van der Waals surface area contributed by atoms with Gasteiger partial charge in [-0.25, -0.2) is 4.98 Å². The molecule has 0 N–H and O–H groups in total. The van der Waals surface area contributed by atoms with Crippen LogP contribution in [0.25, 0.3) is 0 Å². The number of rotatable bonds is 2. The molecule has 5 nitrogen and oxygen atoms in total. The Balaban J connectivity index is 0.000001000. The normalized spacial score (nSPS) is 10.3. The largest absolute Gasteiger partial charge is 0.324 e. The maximum absolute atomic E-state index is 10.4. The van der Waals surface area contributed by atoms with Gasteiger partial charge in [-0.05, 0) is 0 Å². The van der Waals surface area contributed by atoms with Gasteiger partial charge >= 0.3 is 10.1 Å². The molecule has 0 spiro atoms. The van der Waals surface area contributed by atoms with Gasteiger partial charge in [0.1, 0.15) is 6.33 Å². The molecule has 1 aromatic heterocycles. The van der Waals surface area contributed by atoms with Crippen molar-refractivity contribution in [3.05, 3.63) is 18.7 Å². The molecule has 0 aliphatic heterocycles. The van der Waals surface area contributed by atoms with Crippen LogP contribution in [-0.4, -0.2) is 24.4 Å². The summed E-state index contributed by atoms with van der Waals surface area (Å²) < 4.78 is 26.2. The average Bonchev–Trinajstić information content (AvgIpc) is 2.12. The Labute approximate surface area is 70.5 Å². The van der Waals surface area contributed by atoms with Gasteiger partial charge in [-0.3, -0.25) is 4.28 Å². The van der Waals surface area contributed by atoms with E-state index in [0.717, 1.165) is 11.0 Å². The second kappa shape index (κ2) is 3.59. The molecular weight excluding hydrogens is 192 g/mol.